The van der Waals surface area contributed by atoms with Crippen molar-refractivity contribution in [3.05, 3.63) is 28.8 Å². The molecule has 1 amide bonds. The average molecular weight is 279 g/mol. The smallest absolute Gasteiger partial charge is 0.406 e. The van der Waals surface area contributed by atoms with Gasteiger partial charge in [0.05, 0.1) is 19.8 Å². The molecule has 0 unspecified atom stereocenters. The van der Waals surface area contributed by atoms with Crippen LogP contribution in [0.4, 0.5) is 4.79 Å². The summed E-state index contributed by atoms with van der Waals surface area (Å²) in [5.41, 5.74) is 0.756. The molecule has 8 heteroatoms. The van der Waals surface area contributed by atoms with Crippen LogP contribution in [0.2, 0.25) is 0 Å². The maximum atomic E-state index is 12.0. The topological polar surface area (TPSA) is 110 Å². The molecule has 20 heavy (non-hydrogen) atoms. The third-order valence-corrected chi connectivity index (χ3v) is 2.84. The van der Waals surface area contributed by atoms with Crippen molar-refractivity contribution in [2.75, 3.05) is 20.8 Å². The van der Waals surface area contributed by atoms with E-state index in [1.54, 1.807) is 0 Å². The number of ether oxygens (including phenoxy) is 2. The first-order valence-corrected chi connectivity index (χ1v) is 5.82. The van der Waals surface area contributed by atoms with Crippen molar-refractivity contribution in [2.24, 2.45) is 0 Å². The van der Waals surface area contributed by atoms with Gasteiger partial charge in [-0.15, -0.1) is 0 Å². The Morgan fingerprint density at radius 2 is 2.15 bits per heavy atom. The normalized spacial score (nSPS) is 13.6. The van der Waals surface area contributed by atoms with Gasteiger partial charge in [0.1, 0.15) is 5.69 Å². The predicted molar refractivity (Wildman–Crippen MR) is 66.5 cm³/mol. The van der Waals surface area contributed by atoms with E-state index >= 15 is 0 Å². The van der Waals surface area contributed by atoms with E-state index in [0.717, 1.165) is 6.08 Å². The molecule has 0 spiro atoms. The van der Waals surface area contributed by atoms with Crippen molar-refractivity contribution in [1.82, 2.24) is 15.5 Å². The number of aromatic nitrogens is 2. The molecule has 1 heterocycles. The minimum atomic E-state index is -0.567. The van der Waals surface area contributed by atoms with Crippen LogP contribution in [-0.4, -0.2) is 48.6 Å². The lowest BCUT2D eigenvalue weighted by atomic mass is 9.97. The van der Waals surface area contributed by atoms with Crippen molar-refractivity contribution in [3.8, 4) is 0 Å². The van der Waals surface area contributed by atoms with E-state index in [4.69, 9.17) is 4.74 Å². The molecular weight excluding hydrogens is 266 g/mol. The maximum Gasteiger partial charge on any atom is 0.406 e. The molecule has 0 saturated carbocycles. The van der Waals surface area contributed by atoms with E-state index in [9.17, 15) is 14.4 Å². The van der Waals surface area contributed by atoms with E-state index in [1.165, 1.54) is 14.2 Å². The Kier molecular flexibility index (Phi) is 3.83. The number of carbonyl (C=O) groups excluding carboxylic acids is 3. The van der Waals surface area contributed by atoms with Gasteiger partial charge in [-0.05, 0) is 0 Å². The molecule has 0 radical (unpaired) electrons. The third kappa shape index (κ3) is 2.40. The molecule has 2 N–H and O–H groups in total. The van der Waals surface area contributed by atoms with Gasteiger partial charge in [-0.2, -0.15) is 5.10 Å². The number of nitrogens with one attached hydrogen (secondary N) is 2. The summed E-state index contributed by atoms with van der Waals surface area (Å²) in [6, 6.07) is 0. The first kappa shape index (κ1) is 13.8. The number of methoxy groups -OCH3 is 2. The van der Waals surface area contributed by atoms with Crippen LogP contribution < -0.4 is 5.32 Å². The third-order valence-electron chi connectivity index (χ3n) is 2.84. The number of allylic oxidation sites excluding steroid dienone is 2. The number of hydrogen-bond acceptors (Lipinski definition) is 6. The number of amides is 1. The highest BCUT2D eigenvalue weighted by Crippen LogP contribution is 2.22. The molecule has 1 aromatic rings. The Hall–Kier alpha value is -2.64. The summed E-state index contributed by atoms with van der Waals surface area (Å²) in [6.07, 6.45) is 0.895. The standard InChI is InChI=1S/C12H13N3O5/c1-19-8-5-7(16)9-6(3-4-13-12(18)20-2)14-15-10(9)11(8)17/h5H,3-4H2,1-2H3,(H,13,18)(H,14,15). The maximum absolute atomic E-state index is 12.0. The Bertz CT molecular complexity index is 602. The number of hydrogen-bond donors (Lipinski definition) is 2. The summed E-state index contributed by atoms with van der Waals surface area (Å²) < 4.78 is 9.26. The first-order chi connectivity index (χ1) is 9.58. The molecule has 2 rings (SSSR count). The van der Waals surface area contributed by atoms with Crippen molar-refractivity contribution in [2.45, 2.75) is 6.42 Å². The number of rotatable bonds is 4. The second-order valence-corrected chi connectivity index (χ2v) is 4.00. The van der Waals surface area contributed by atoms with Crippen LogP contribution in [0.3, 0.4) is 0 Å². The van der Waals surface area contributed by atoms with Crippen LogP contribution in [0.15, 0.2) is 11.8 Å². The van der Waals surface area contributed by atoms with E-state index in [0.29, 0.717) is 12.1 Å². The molecule has 1 aliphatic carbocycles. The fraction of sp³-hybridized carbons (Fsp3) is 0.333. The summed E-state index contributed by atoms with van der Waals surface area (Å²) >= 11 is 0. The fourth-order valence-corrected chi connectivity index (χ4v) is 1.88. The molecule has 0 atom stereocenters. The Labute approximate surface area is 114 Å². The van der Waals surface area contributed by atoms with E-state index < -0.39 is 11.9 Å². The van der Waals surface area contributed by atoms with E-state index in [-0.39, 0.29) is 29.3 Å². The molecule has 0 bridgehead atoms. The summed E-state index contributed by atoms with van der Waals surface area (Å²) in [5.74, 6) is -0.822. The summed E-state index contributed by atoms with van der Waals surface area (Å²) in [6.45, 7) is 0.254. The lowest BCUT2D eigenvalue weighted by Crippen LogP contribution is -2.26. The first-order valence-electron chi connectivity index (χ1n) is 5.82. The highest BCUT2D eigenvalue weighted by molar-refractivity contribution is 6.23. The highest BCUT2D eigenvalue weighted by Gasteiger charge is 2.31. The van der Waals surface area contributed by atoms with Crippen molar-refractivity contribution in [1.29, 1.82) is 0 Å². The van der Waals surface area contributed by atoms with Gasteiger partial charge >= 0.3 is 6.09 Å². The SMILES string of the molecule is COC(=O)NCCc1[nH]nc2c1C(=O)C=C(OC)C2=O. The Morgan fingerprint density at radius 3 is 2.80 bits per heavy atom. The highest BCUT2D eigenvalue weighted by atomic mass is 16.5. The average Bonchev–Trinajstić information content (AvgIpc) is 2.87. The fourth-order valence-electron chi connectivity index (χ4n) is 1.88. The number of ketones is 2. The molecule has 0 aliphatic heterocycles. The van der Waals surface area contributed by atoms with Crippen molar-refractivity contribution >= 4 is 17.7 Å². The molecule has 0 saturated heterocycles. The van der Waals surface area contributed by atoms with Gasteiger partial charge in [-0.3, -0.25) is 14.7 Å². The number of Topliss-reactive ketones (excluding diaryl/α,β-unsaturated/α-hetero) is 1. The Balaban J connectivity index is 2.16. The number of H-pyrrole nitrogens is 1. The molecule has 8 nitrogen and oxygen atoms in total. The number of carbonyl (C=O) groups is 3. The van der Waals surface area contributed by atoms with Gasteiger partial charge < -0.3 is 14.8 Å². The Morgan fingerprint density at radius 1 is 1.40 bits per heavy atom. The number of aromatic amines is 1. The van der Waals surface area contributed by atoms with Gasteiger partial charge in [0.25, 0.3) is 0 Å². The van der Waals surface area contributed by atoms with E-state index in [1.807, 2.05) is 0 Å². The van der Waals surface area contributed by atoms with Crippen LogP contribution in [0.1, 0.15) is 26.5 Å². The molecule has 1 aliphatic rings. The van der Waals surface area contributed by atoms with Crippen molar-refractivity contribution in [3.63, 3.8) is 0 Å². The van der Waals surface area contributed by atoms with Gasteiger partial charge in [0.15, 0.2) is 11.5 Å². The lowest BCUT2D eigenvalue weighted by molar-refractivity contribution is 0.0912. The van der Waals surface area contributed by atoms with Crippen LogP contribution >= 0.6 is 0 Å². The van der Waals surface area contributed by atoms with Crippen LogP contribution in [0, 0.1) is 0 Å². The lowest BCUT2D eigenvalue weighted by Gasteiger charge is -2.10. The monoisotopic (exact) mass is 279 g/mol. The zero-order chi connectivity index (χ0) is 14.7. The summed E-state index contributed by atoms with van der Waals surface area (Å²) in [7, 11) is 2.57. The van der Waals surface area contributed by atoms with E-state index in [2.05, 4.69) is 20.3 Å². The minimum absolute atomic E-state index is 0.0340. The second-order valence-electron chi connectivity index (χ2n) is 4.00. The van der Waals surface area contributed by atoms with Gasteiger partial charge in [0, 0.05) is 24.7 Å². The number of alkyl carbamates (subject to hydrolysis) is 1. The van der Waals surface area contributed by atoms with Gasteiger partial charge in [-0.25, -0.2) is 4.79 Å². The number of fused-ring (bicyclic) bond motifs is 1. The largest absolute Gasteiger partial charge is 0.492 e. The molecule has 0 fully saturated rings. The summed E-state index contributed by atoms with van der Waals surface area (Å²) in [5, 5.41) is 8.96. The minimum Gasteiger partial charge on any atom is -0.492 e. The van der Waals surface area contributed by atoms with Gasteiger partial charge in [-0.1, -0.05) is 0 Å². The second kappa shape index (κ2) is 5.55. The number of nitrogens with zero attached hydrogens (tertiary/aromatic N) is 1. The van der Waals surface area contributed by atoms with Crippen molar-refractivity contribution < 1.29 is 23.9 Å². The van der Waals surface area contributed by atoms with Crippen LogP contribution in [0.5, 0.6) is 0 Å². The zero-order valence-electron chi connectivity index (χ0n) is 11.0. The summed E-state index contributed by atoms with van der Waals surface area (Å²) in [4.78, 5) is 34.8. The molecular formula is C12H13N3O5. The molecule has 106 valence electrons. The van der Waals surface area contributed by atoms with Gasteiger partial charge in [0.2, 0.25) is 5.78 Å². The predicted octanol–water partition coefficient (Wildman–Crippen LogP) is 0.218. The van der Waals surface area contributed by atoms with Crippen LogP contribution in [-0.2, 0) is 15.9 Å². The zero-order valence-corrected chi connectivity index (χ0v) is 11.0. The van der Waals surface area contributed by atoms with Crippen LogP contribution in [0.25, 0.3) is 0 Å². The molecule has 0 aromatic carbocycles. The quantitative estimate of drug-likeness (QED) is 0.815. The molecule has 1 aromatic heterocycles.